The molecule has 0 spiro atoms. The van der Waals surface area contributed by atoms with E-state index < -0.39 is 12.0 Å². The van der Waals surface area contributed by atoms with Crippen LogP contribution < -0.4 is 5.32 Å². The minimum atomic E-state index is -1.92. The highest BCUT2D eigenvalue weighted by Crippen LogP contribution is 1.88. The van der Waals surface area contributed by atoms with E-state index in [0.29, 0.717) is 0 Å². The summed E-state index contributed by atoms with van der Waals surface area (Å²) in [5, 5.41) is 27.9. The molecule has 0 saturated carbocycles. The highest BCUT2D eigenvalue weighted by Gasteiger charge is 2.13. The molecule has 0 aromatic rings. The topological polar surface area (TPSA) is 72.7 Å². The minimum Gasteiger partial charge on any atom is -0.392 e. The Morgan fingerprint density at radius 3 is 2.22 bits per heavy atom. The standard InChI is InChI=1S/C5H12NO3/c1-4(7)3-6-5(2,8)9/h4,6-9H,1,3H2,2H3. The van der Waals surface area contributed by atoms with E-state index >= 15 is 0 Å². The number of hydrogen-bond donors (Lipinski definition) is 4. The van der Waals surface area contributed by atoms with Gasteiger partial charge in [-0.2, -0.15) is 0 Å². The highest BCUT2D eigenvalue weighted by molar-refractivity contribution is 4.62. The molecule has 1 radical (unpaired) electrons. The van der Waals surface area contributed by atoms with E-state index in [1.807, 2.05) is 0 Å². The molecule has 1 unspecified atom stereocenters. The van der Waals surface area contributed by atoms with Crippen molar-refractivity contribution in [3.8, 4) is 0 Å². The molecular weight excluding hydrogens is 122 g/mol. The maximum atomic E-state index is 8.57. The number of rotatable bonds is 3. The van der Waals surface area contributed by atoms with Crippen LogP contribution in [0.2, 0.25) is 0 Å². The number of hydrogen-bond acceptors (Lipinski definition) is 4. The Bertz CT molecular complexity index is 76.8. The molecule has 4 heteroatoms. The van der Waals surface area contributed by atoms with Crippen molar-refractivity contribution in [1.82, 2.24) is 5.32 Å². The SMILES string of the molecule is [CH2]C(O)CNC(C)(O)O. The second kappa shape index (κ2) is 3.12. The lowest BCUT2D eigenvalue weighted by molar-refractivity contribution is -0.171. The van der Waals surface area contributed by atoms with E-state index in [9.17, 15) is 0 Å². The van der Waals surface area contributed by atoms with Gasteiger partial charge in [-0.05, 0) is 6.92 Å². The Kier molecular flexibility index (Phi) is 3.07. The van der Waals surface area contributed by atoms with E-state index in [1.54, 1.807) is 0 Å². The Morgan fingerprint density at radius 2 is 2.11 bits per heavy atom. The monoisotopic (exact) mass is 134 g/mol. The van der Waals surface area contributed by atoms with Crippen LogP contribution in [0.4, 0.5) is 0 Å². The van der Waals surface area contributed by atoms with Crippen LogP contribution in [0.25, 0.3) is 0 Å². The second-order valence-corrected chi connectivity index (χ2v) is 2.06. The van der Waals surface area contributed by atoms with E-state index in [4.69, 9.17) is 15.3 Å². The molecule has 9 heavy (non-hydrogen) atoms. The predicted octanol–water partition coefficient (Wildman–Crippen LogP) is -1.57. The van der Waals surface area contributed by atoms with Crippen molar-refractivity contribution in [2.75, 3.05) is 6.54 Å². The van der Waals surface area contributed by atoms with Gasteiger partial charge >= 0.3 is 0 Å². The van der Waals surface area contributed by atoms with Gasteiger partial charge in [0.25, 0.3) is 0 Å². The summed E-state index contributed by atoms with van der Waals surface area (Å²) in [6.07, 6.45) is -0.816. The summed E-state index contributed by atoms with van der Waals surface area (Å²) in [7, 11) is 0. The molecule has 0 bridgehead atoms. The summed E-state index contributed by atoms with van der Waals surface area (Å²) in [6, 6.07) is 0. The van der Waals surface area contributed by atoms with Crippen molar-refractivity contribution < 1.29 is 15.3 Å². The quantitative estimate of drug-likeness (QED) is 0.352. The molecule has 0 aromatic carbocycles. The molecule has 0 aliphatic carbocycles. The summed E-state index contributed by atoms with van der Waals surface area (Å²) in [4.78, 5) is 0. The molecule has 4 nitrogen and oxygen atoms in total. The first-order chi connectivity index (χ1) is 3.92. The molecule has 0 aliphatic rings. The summed E-state index contributed by atoms with van der Waals surface area (Å²) in [5.41, 5.74) is 0. The van der Waals surface area contributed by atoms with Gasteiger partial charge in [0.2, 0.25) is 5.91 Å². The highest BCUT2D eigenvalue weighted by atomic mass is 16.5. The first-order valence-electron chi connectivity index (χ1n) is 2.63. The predicted molar refractivity (Wildman–Crippen MR) is 32.2 cm³/mol. The Balaban J connectivity index is 3.28. The number of aliphatic hydroxyl groups is 3. The molecule has 0 heterocycles. The summed E-state index contributed by atoms with van der Waals surface area (Å²) in [6.45, 7) is 4.43. The van der Waals surface area contributed by atoms with Crippen LogP contribution in [0.5, 0.6) is 0 Å². The largest absolute Gasteiger partial charge is 0.392 e. The van der Waals surface area contributed by atoms with Crippen LogP contribution in [0.15, 0.2) is 0 Å². The molecule has 0 fully saturated rings. The lowest BCUT2D eigenvalue weighted by atomic mass is 10.4. The van der Waals surface area contributed by atoms with Crippen LogP contribution in [0.3, 0.4) is 0 Å². The van der Waals surface area contributed by atoms with Gasteiger partial charge in [-0.25, -0.2) is 0 Å². The van der Waals surface area contributed by atoms with Crippen LogP contribution in [-0.4, -0.2) is 33.9 Å². The molecule has 4 N–H and O–H groups in total. The van der Waals surface area contributed by atoms with Crippen LogP contribution >= 0.6 is 0 Å². The van der Waals surface area contributed by atoms with Crippen LogP contribution in [0, 0.1) is 6.92 Å². The van der Waals surface area contributed by atoms with E-state index in [0.717, 1.165) is 6.92 Å². The zero-order chi connectivity index (χ0) is 7.49. The number of nitrogens with one attached hydrogen (secondary N) is 1. The van der Waals surface area contributed by atoms with Gasteiger partial charge in [-0.1, -0.05) is 0 Å². The van der Waals surface area contributed by atoms with Gasteiger partial charge in [0, 0.05) is 13.5 Å². The molecule has 0 aromatic heterocycles. The fourth-order valence-corrected chi connectivity index (χ4v) is 0.311. The molecule has 0 rings (SSSR count). The summed E-state index contributed by atoms with van der Waals surface area (Å²) in [5.74, 6) is -1.92. The third-order valence-corrected chi connectivity index (χ3v) is 0.673. The number of aliphatic hydroxyl groups excluding tert-OH is 1. The average Bonchev–Trinajstić information content (AvgIpc) is 1.59. The maximum absolute atomic E-state index is 8.57. The summed E-state index contributed by atoms with van der Waals surface area (Å²) < 4.78 is 0. The summed E-state index contributed by atoms with van der Waals surface area (Å²) >= 11 is 0. The minimum absolute atomic E-state index is 0.0590. The lowest BCUT2D eigenvalue weighted by Gasteiger charge is -2.18. The maximum Gasteiger partial charge on any atom is 0.219 e. The lowest BCUT2D eigenvalue weighted by Crippen LogP contribution is -2.44. The Morgan fingerprint density at radius 1 is 1.67 bits per heavy atom. The van der Waals surface area contributed by atoms with Gasteiger partial charge in [0.05, 0.1) is 6.10 Å². The van der Waals surface area contributed by atoms with Crippen molar-refractivity contribution in [2.45, 2.75) is 18.9 Å². The van der Waals surface area contributed by atoms with Crippen molar-refractivity contribution in [1.29, 1.82) is 0 Å². The zero-order valence-corrected chi connectivity index (χ0v) is 5.33. The molecule has 55 valence electrons. The van der Waals surface area contributed by atoms with Crippen LogP contribution in [-0.2, 0) is 0 Å². The molecule has 0 aliphatic heterocycles. The normalized spacial score (nSPS) is 15.7. The first kappa shape index (κ1) is 8.84. The third-order valence-electron chi connectivity index (χ3n) is 0.673. The van der Waals surface area contributed by atoms with Gasteiger partial charge in [-0.15, -0.1) is 0 Å². The zero-order valence-electron chi connectivity index (χ0n) is 5.33. The van der Waals surface area contributed by atoms with Crippen molar-refractivity contribution >= 4 is 0 Å². The first-order valence-corrected chi connectivity index (χ1v) is 2.63. The van der Waals surface area contributed by atoms with Gasteiger partial charge in [-0.3, -0.25) is 5.32 Å². The molecule has 1 atom stereocenters. The Hall–Kier alpha value is -0.160. The van der Waals surface area contributed by atoms with Gasteiger partial charge in [0.15, 0.2) is 0 Å². The van der Waals surface area contributed by atoms with Crippen molar-refractivity contribution in [3.05, 3.63) is 6.92 Å². The van der Waals surface area contributed by atoms with Gasteiger partial charge in [0.1, 0.15) is 0 Å². The fraction of sp³-hybridized carbons (Fsp3) is 0.800. The third kappa shape index (κ3) is 7.84. The molecular formula is C5H12NO3. The van der Waals surface area contributed by atoms with Crippen molar-refractivity contribution in [3.63, 3.8) is 0 Å². The van der Waals surface area contributed by atoms with E-state index in [-0.39, 0.29) is 6.54 Å². The van der Waals surface area contributed by atoms with Crippen LogP contribution in [0.1, 0.15) is 6.92 Å². The average molecular weight is 134 g/mol. The van der Waals surface area contributed by atoms with E-state index in [2.05, 4.69) is 12.2 Å². The van der Waals surface area contributed by atoms with E-state index in [1.165, 1.54) is 0 Å². The molecule has 0 amide bonds. The van der Waals surface area contributed by atoms with Gasteiger partial charge < -0.3 is 15.3 Å². The Labute approximate surface area is 54.1 Å². The van der Waals surface area contributed by atoms with Crippen molar-refractivity contribution in [2.24, 2.45) is 0 Å². The second-order valence-electron chi connectivity index (χ2n) is 2.06. The fourth-order valence-electron chi connectivity index (χ4n) is 0.311. The smallest absolute Gasteiger partial charge is 0.219 e. The molecule has 0 saturated heterocycles.